The van der Waals surface area contributed by atoms with Gasteiger partial charge < -0.3 is 15.6 Å². The number of benzene rings is 1. The number of amides is 1. The number of hydrogen-bond acceptors (Lipinski definition) is 3. The smallest absolute Gasteiger partial charge is 0.273 e. The van der Waals surface area contributed by atoms with Crippen LogP contribution in [0.15, 0.2) is 30.7 Å². The van der Waals surface area contributed by atoms with Crippen LogP contribution >= 0.6 is 0 Å². The maximum absolute atomic E-state index is 11.8. The fourth-order valence-electron chi connectivity index (χ4n) is 2.12. The summed E-state index contributed by atoms with van der Waals surface area (Å²) < 4.78 is 0. The lowest BCUT2D eigenvalue weighted by molar-refractivity contribution is 0.102. The van der Waals surface area contributed by atoms with Gasteiger partial charge in [-0.1, -0.05) is 6.07 Å². The molecule has 92 valence electrons. The molecule has 0 aliphatic carbocycles. The lowest BCUT2D eigenvalue weighted by Crippen LogP contribution is -2.15. The summed E-state index contributed by atoms with van der Waals surface area (Å²) in [6, 6.07) is 5.97. The number of nitrogens with one attached hydrogen (secondary N) is 3. The summed E-state index contributed by atoms with van der Waals surface area (Å²) in [5.74, 6) is -0.178. The topological polar surface area (TPSA) is 69.8 Å². The van der Waals surface area contributed by atoms with E-state index in [9.17, 15) is 4.79 Å². The largest absolute Gasteiger partial charge is 0.385 e. The Hall–Kier alpha value is -2.30. The van der Waals surface area contributed by atoms with Crippen LogP contribution in [-0.4, -0.2) is 22.4 Å². The van der Waals surface area contributed by atoms with Gasteiger partial charge in [-0.25, -0.2) is 4.98 Å². The Bertz CT molecular complexity index is 562. The van der Waals surface area contributed by atoms with Gasteiger partial charge in [-0.05, 0) is 30.5 Å². The van der Waals surface area contributed by atoms with Crippen LogP contribution < -0.4 is 10.6 Å². The van der Waals surface area contributed by atoms with Gasteiger partial charge >= 0.3 is 0 Å². The van der Waals surface area contributed by atoms with Crippen molar-refractivity contribution >= 4 is 17.3 Å². The van der Waals surface area contributed by atoms with Crippen molar-refractivity contribution in [3.8, 4) is 0 Å². The Kier molecular flexibility index (Phi) is 2.72. The first-order valence-electron chi connectivity index (χ1n) is 5.99. The van der Waals surface area contributed by atoms with E-state index in [1.165, 1.54) is 18.1 Å². The molecular formula is C13H14N4O. The SMILES string of the molecule is O=C(Nc1ccc2c(c1)NCCC2)c1cnc[nH]1. The van der Waals surface area contributed by atoms with E-state index in [0.29, 0.717) is 5.69 Å². The van der Waals surface area contributed by atoms with Crippen LogP contribution in [0.2, 0.25) is 0 Å². The quantitative estimate of drug-likeness (QED) is 0.754. The van der Waals surface area contributed by atoms with Crippen LogP contribution in [0.5, 0.6) is 0 Å². The monoisotopic (exact) mass is 242 g/mol. The number of aromatic nitrogens is 2. The molecule has 5 heteroatoms. The molecule has 0 fully saturated rings. The van der Waals surface area contributed by atoms with E-state index >= 15 is 0 Å². The van der Waals surface area contributed by atoms with Crippen LogP contribution in [0.3, 0.4) is 0 Å². The highest BCUT2D eigenvalue weighted by Crippen LogP contribution is 2.25. The van der Waals surface area contributed by atoms with E-state index in [1.807, 2.05) is 12.1 Å². The molecule has 1 aromatic heterocycles. The number of fused-ring (bicyclic) bond motifs is 1. The molecule has 1 amide bonds. The summed E-state index contributed by atoms with van der Waals surface area (Å²) in [4.78, 5) is 18.4. The number of aryl methyl sites for hydroxylation is 1. The Balaban J connectivity index is 1.79. The number of imidazole rings is 1. The number of carbonyl (C=O) groups excluding carboxylic acids is 1. The van der Waals surface area contributed by atoms with Gasteiger partial charge in [-0.15, -0.1) is 0 Å². The third-order valence-corrected chi connectivity index (χ3v) is 3.05. The molecule has 0 saturated heterocycles. The van der Waals surface area contributed by atoms with E-state index in [0.717, 1.165) is 30.8 Å². The average Bonchev–Trinajstić information content (AvgIpc) is 2.92. The Morgan fingerprint density at radius 1 is 1.39 bits per heavy atom. The Labute approximate surface area is 105 Å². The number of carbonyl (C=O) groups is 1. The normalized spacial score (nSPS) is 13.6. The first-order valence-corrected chi connectivity index (χ1v) is 5.99. The van der Waals surface area contributed by atoms with E-state index in [2.05, 4.69) is 26.7 Å². The Morgan fingerprint density at radius 2 is 2.33 bits per heavy atom. The lowest BCUT2D eigenvalue weighted by Gasteiger charge is -2.18. The van der Waals surface area contributed by atoms with E-state index in [4.69, 9.17) is 0 Å². The molecule has 3 N–H and O–H groups in total. The number of aromatic amines is 1. The average molecular weight is 242 g/mol. The van der Waals surface area contributed by atoms with Crippen molar-refractivity contribution in [2.75, 3.05) is 17.2 Å². The zero-order valence-corrected chi connectivity index (χ0v) is 9.86. The first-order chi connectivity index (χ1) is 8.83. The summed E-state index contributed by atoms with van der Waals surface area (Å²) in [6.45, 7) is 0.991. The van der Waals surface area contributed by atoms with Gasteiger partial charge in [0.15, 0.2) is 0 Å². The fraction of sp³-hybridized carbons (Fsp3) is 0.231. The second-order valence-corrected chi connectivity index (χ2v) is 4.32. The minimum absolute atomic E-state index is 0.178. The zero-order valence-electron chi connectivity index (χ0n) is 9.86. The highest BCUT2D eigenvalue weighted by Gasteiger charge is 2.11. The van der Waals surface area contributed by atoms with Gasteiger partial charge in [-0.3, -0.25) is 4.79 Å². The number of rotatable bonds is 2. The van der Waals surface area contributed by atoms with Crippen molar-refractivity contribution < 1.29 is 4.79 Å². The molecule has 0 saturated carbocycles. The van der Waals surface area contributed by atoms with Gasteiger partial charge in [0, 0.05) is 17.9 Å². The predicted molar refractivity (Wildman–Crippen MR) is 69.8 cm³/mol. The summed E-state index contributed by atoms with van der Waals surface area (Å²) in [5.41, 5.74) is 3.67. The van der Waals surface area contributed by atoms with Crippen molar-refractivity contribution in [2.45, 2.75) is 12.8 Å². The molecule has 1 aromatic carbocycles. The van der Waals surface area contributed by atoms with E-state index < -0.39 is 0 Å². The minimum Gasteiger partial charge on any atom is -0.385 e. The van der Waals surface area contributed by atoms with Crippen LogP contribution in [0.4, 0.5) is 11.4 Å². The number of H-pyrrole nitrogens is 1. The summed E-state index contributed by atoms with van der Waals surface area (Å²) >= 11 is 0. The third-order valence-electron chi connectivity index (χ3n) is 3.05. The third kappa shape index (κ3) is 2.07. The fourth-order valence-corrected chi connectivity index (χ4v) is 2.12. The molecule has 0 bridgehead atoms. The van der Waals surface area contributed by atoms with Crippen LogP contribution in [0.1, 0.15) is 22.5 Å². The molecule has 0 atom stereocenters. The molecule has 0 unspecified atom stereocenters. The maximum atomic E-state index is 11.8. The standard InChI is InChI=1S/C13H14N4O/c18-13(12-7-14-8-16-12)17-10-4-3-9-2-1-5-15-11(9)6-10/h3-4,6-8,15H,1-2,5H2,(H,14,16)(H,17,18). The summed E-state index contributed by atoms with van der Waals surface area (Å²) in [7, 11) is 0. The molecule has 0 spiro atoms. The maximum Gasteiger partial charge on any atom is 0.273 e. The van der Waals surface area contributed by atoms with Crippen molar-refractivity contribution in [3.63, 3.8) is 0 Å². The second kappa shape index (κ2) is 4.52. The molecule has 1 aliphatic heterocycles. The van der Waals surface area contributed by atoms with Crippen LogP contribution in [-0.2, 0) is 6.42 Å². The van der Waals surface area contributed by atoms with Crippen molar-refractivity contribution in [3.05, 3.63) is 42.0 Å². The lowest BCUT2D eigenvalue weighted by atomic mass is 10.0. The molecule has 2 heterocycles. The van der Waals surface area contributed by atoms with Crippen molar-refractivity contribution in [2.24, 2.45) is 0 Å². The predicted octanol–water partition coefficient (Wildman–Crippen LogP) is 2.02. The molecular weight excluding hydrogens is 228 g/mol. The highest BCUT2D eigenvalue weighted by atomic mass is 16.1. The number of anilines is 2. The number of nitrogens with zero attached hydrogens (tertiary/aromatic N) is 1. The number of hydrogen-bond donors (Lipinski definition) is 3. The minimum atomic E-state index is -0.178. The van der Waals surface area contributed by atoms with Gasteiger partial charge in [-0.2, -0.15) is 0 Å². The molecule has 2 aromatic rings. The second-order valence-electron chi connectivity index (χ2n) is 4.32. The van der Waals surface area contributed by atoms with Gasteiger partial charge in [0.2, 0.25) is 0 Å². The molecule has 18 heavy (non-hydrogen) atoms. The van der Waals surface area contributed by atoms with Crippen LogP contribution in [0, 0.1) is 0 Å². The van der Waals surface area contributed by atoms with Crippen molar-refractivity contribution in [1.82, 2.24) is 9.97 Å². The van der Waals surface area contributed by atoms with E-state index in [-0.39, 0.29) is 5.91 Å². The molecule has 3 rings (SSSR count). The molecule has 5 nitrogen and oxygen atoms in total. The Morgan fingerprint density at radius 3 is 3.17 bits per heavy atom. The first kappa shape index (κ1) is 10.8. The zero-order chi connectivity index (χ0) is 12.4. The van der Waals surface area contributed by atoms with Crippen molar-refractivity contribution in [1.29, 1.82) is 0 Å². The van der Waals surface area contributed by atoms with Gasteiger partial charge in [0.25, 0.3) is 5.91 Å². The summed E-state index contributed by atoms with van der Waals surface area (Å²) in [6.07, 6.45) is 5.25. The highest BCUT2D eigenvalue weighted by molar-refractivity contribution is 6.02. The molecule has 0 radical (unpaired) electrons. The van der Waals surface area contributed by atoms with Gasteiger partial charge in [0.1, 0.15) is 5.69 Å². The molecule has 1 aliphatic rings. The van der Waals surface area contributed by atoms with Gasteiger partial charge in [0.05, 0.1) is 12.5 Å². The van der Waals surface area contributed by atoms with Crippen LogP contribution in [0.25, 0.3) is 0 Å². The van der Waals surface area contributed by atoms with E-state index in [1.54, 1.807) is 0 Å². The summed E-state index contributed by atoms with van der Waals surface area (Å²) in [5, 5.41) is 6.18.